The van der Waals surface area contributed by atoms with E-state index in [1.807, 2.05) is 52.2 Å². The van der Waals surface area contributed by atoms with Crippen LogP contribution in [0.4, 0.5) is 11.8 Å². The zero-order valence-electron chi connectivity index (χ0n) is 13.3. The van der Waals surface area contributed by atoms with Crippen molar-refractivity contribution in [1.82, 2.24) is 14.9 Å². The molecule has 0 aliphatic carbocycles. The van der Waals surface area contributed by atoms with Gasteiger partial charge in [-0.2, -0.15) is 4.98 Å². The Morgan fingerprint density at radius 2 is 2.00 bits per heavy atom. The van der Waals surface area contributed by atoms with E-state index >= 15 is 0 Å². The Labute approximate surface area is 130 Å². The maximum Gasteiger partial charge on any atom is 0.273 e. The minimum Gasteiger partial charge on any atom is -0.373 e. The number of anilines is 2. The zero-order chi connectivity index (χ0) is 16.1. The van der Waals surface area contributed by atoms with Crippen LogP contribution in [-0.2, 0) is 4.79 Å². The molecule has 2 aromatic rings. The third-order valence-electron chi connectivity index (χ3n) is 3.16. The minimum absolute atomic E-state index is 0.231. The van der Waals surface area contributed by atoms with Crippen molar-refractivity contribution in [1.29, 1.82) is 0 Å². The highest BCUT2D eigenvalue weighted by atomic mass is 16.2. The molecule has 6 heteroatoms. The lowest BCUT2D eigenvalue weighted by Gasteiger charge is -2.16. The van der Waals surface area contributed by atoms with Crippen LogP contribution in [0.1, 0.15) is 13.8 Å². The molecule has 0 bridgehead atoms. The Bertz CT molecular complexity index is 709. The van der Waals surface area contributed by atoms with Crippen molar-refractivity contribution >= 4 is 28.6 Å². The monoisotopic (exact) mass is 299 g/mol. The number of amides is 1. The SMILES string of the molecule is C/C=C(/C(=O)Nc1nc(NCC)c2ccccc2n1)N(C)C. The predicted octanol–water partition coefficient (Wildman–Crippen LogP) is 2.47. The number of benzene rings is 1. The Morgan fingerprint density at radius 1 is 1.27 bits per heavy atom. The summed E-state index contributed by atoms with van der Waals surface area (Å²) in [6, 6.07) is 7.70. The molecule has 2 rings (SSSR count). The number of hydrogen-bond acceptors (Lipinski definition) is 5. The number of rotatable bonds is 5. The van der Waals surface area contributed by atoms with Gasteiger partial charge in [-0.05, 0) is 26.0 Å². The van der Waals surface area contributed by atoms with Crippen LogP contribution in [0, 0.1) is 0 Å². The molecule has 0 aliphatic heterocycles. The predicted molar refractivity (Wildman–Crippen MR) is 89.8 cm³/mol. The highest BCUT2D eigenvalue weighted by Crippen LogP contribution is 2.21. The van der Waals surface area contributed by atoms with E-state index in [2.05, 4.69) is 20.6 Å². The summed E-state index contributed by atoms with van der Waals surface area (Å²) in [6.45, 7) is 4.56. The number of likely N-dealkylation sites (N-methyl/N-ethyl adjacent to an activating group) is 1. The lowest BCUT2D eigenvalue weighted by Crippen LogP contribution is -2.25. The van der Waals surface area contributed by atoms with Crippen LogP contribution in [0.5, 0.6) is 0 Å². The van der Waals surface area contributed by atoms with Crippen LogP contribution in [0.15, 0.2) is 36.0 Å². The summed E-state index contributed by atoms with van der Waals surface area (Å²) < 4.78 is 0. The van der Waals surface area contributed by atoms with Gasteiger partial charge in [0, 0.05) is 26.0 Å². The van der Waals surface area contributed by atoms with Gasteiger partial charge in [-0.1, -0.05) is 18.2 Å². The fraction of sp³-hybridized carbons (Fsp3) is 0.312. The van der Waals surface area contributed by atoms with Crippen LogP contribution < -0.4 is 10.6 Å². The highest BCUT2D eigenvalue weighted by Gasteiger charge is 2.14. The number of nitrogens with zero attached hydrogens (tertiary/aromatic N) is 3. The van der Waals surface area contributed by atoms with Gasteiger partial charge in [0.25, 0.3) is 5.91 Å². The van der Waals surface area contributed by atoms with E-state index in [1.54, 1.807) is 11.0 Å². The molecule has 6 nitrogen and oxygen atoms in total. The van der Waals surface area contributed by atoms with Gasteiger partial charge in [-0.25, -0.2) is 4.98 Å². The fourth-order valence-corrected chi connectivity index (χ4v) is 2.19. The molecule has 22 heavy (non-hydrogen) atoms. The first-order valence-corrected chi connectivity index (χ1v) is 7.22. The normalized spacial score (nSPS) is 11.4. The molecule has 0 spiro atoms. The molecule has 0 unspecified atom stereocenters. The van der Waals surface area contributed by atoms with Gasteiger partial charge >= 0.3 is 0 Å². The summed E-state index contributed by atoms with van der Waals surface area (Å²) >= 11 is 0. The minimum atomic E-state index is -0.231. The van der Waals surface area contributed by atoms with Crippen LogP contribution in [-0.4, -0.2) is 41.4 Å². The molecule has 1 amide bonds. The molecule has 0 fully saturated rings. The standard InChI is InChI=1S/C16H21N5O/c1-5-13(21(3)4)15(22)20-16-18-12-10-8-7-9-11(12)14(19-16)17-6-2/h5,7-10H,6H2,1-4H3,(H2,17,18,19,20,22)/b13-5-. The quantitative estimate of drug-likeness (QED) is 0.830. The molecule has 0 aliphatic rings. The second-order valence-corrected chi connectivity index (χ2v) is 4.97. The van der Waals surface area contributed by atoms with E-state index in [0.29, 0.717) is 11.6 Å². The van der Waals surface area contributed by atoms with Crippen molar-refractivity contribution in [2.24, 2.45) is 0 Å². The lowest BCUT2D eigenvalue weighted by atomic mass is 10.2. The molecule has 116 valence electrons. The second kappa shape index (κ2) is 6.89. The van der Waals surface area contributed by atoms with E-state index in [-0.39, 0.29) is 5.91 Å². The fourth-order valence-electron chi connectivity index (χ4n) is 2.19. The van der Waals surface area contributed by atoms with Crippen LogP contribution >= 0.6 is 0 Å². The number of carbonyl (C=O) groups is 1. The smallest absolute Gasteiger partial charge is 0.273 e. The van der Waals surface area contributed by atoms with Gasteiger partial charge in [0.05, 0.1) is 11.2 Å². The van der Waals surface area contributed by atoms with Crippen molar-refractivity contribution in [2.45, 2.75) is 13.8 Å². The first-order chi connectivity index (χ1) is 10.6. The summed E-state index contributed by atoms with van der Waals surface area (Å²) in [4.78, 5) is 22.8. The van der Waals surface area contributed by atoms with Crippen molar-refractivity contribution < 1.29 is 4.79 Å². The lowest BCUT2D eigenvalue weighted by molar-refractivity contribution is -0.114. The number of para-hydroxylation sites is 1. The van der Waals surface area contributed by atoms with Crippen molar-refractivity contribution in [3.05, 3.63) is 36.0 Å². The Hall–Kier alpha value is -2.63. The molecule has 1 aromatic heterocycles. The third-order valence-corrected chi connectivity index (χ3v) is 3.16. The van der Waals surface area contributed by atoms with E-state index in [1.165, 1.54) is 0 Å². The van der Waals surface area contributed by atoms with Gasteiger partial charge in [0.2, 0.25) is 5.95 Å². The van der Waals surface area contributed by atoms with Gasteiger partial charge in [0.15, 0.2) is 0 Å². The Kier molecular flexibility index (Phi) is 4.93. The average Bonchev–Trinajstić information content (AvgIpc) is 2.47. The second-order valence-electron chi connectivity index (χ2n) is 4.97. The summed E-state index contributed by atoms with van der Waals surface area (Å²) in [5, 5.41) is 6.89. The van der Waals surface area contributed by atoms with Gasteiger partial charge in [0.1, 0.15) is 5.82 Å². The number of hydrogen-bond donors (Lipinski definition) is 2. The number of nitrogens with one attached hydrogen (secondary N) is 2. The molecular weight excluding hydrogens is 278 g/mol. The molecule has 1 heterocycles. The van der Waals surface area contributed by atoms with Crippen molar-refractivity contribution in [3.63, 3.8) is 0 Å². The average molecular weight is 299 g/mol. The topological polar surface area (TPSA) is 70.1 Å². The number of aromatic nitrogens is 2. The van der Waals surface area contributed by atoms with Crippen molar-refractivity contribution in [3.8, 4) is 0 Å². The van der Waals surface area contributed by atoms with E-state index in [0.717, 1.165) is 23.3 Å². The summed E-state index contributed by atoms with van der Waals surface area (Å²) in [6.07, 6.45) is 1.75. The first kappa shape index (κ1) is 15.8. The van der Waals surface area contributed by atoms with Crippen molar-refractivity contribution in [2.75, 3.05) is 31.3 Å². The van der Waals surface area contributed by atoms with Gasteiger partial charge < -0.3 is 10.2 Å². The summed E-state index contributed by atoms with van der Waals surface area (Å²) in [7, 11) is 3.64. The number of carbonyl (C=O) groups excluding carboxylic acids is 1. The largest absolute Gasteiger partial charge is 0.373 e. The maximum atomic E-state index is 12.3. The molecule has 0 saturated carbocycles. The van der Waals surface area contributed by atoms with E-state index in [9.17, 15) is 4.79 Å². The van der Waals surface area contributed by atoms with Crippen LogP contribution in [0.3, 0.4) is 0 Å². The van der Waals surface area contributed by atoms with Crippen LogP contribution in [0.25, 0.3) is 10.9 Å². The van der Waals surface area contributed by atoms with E-state index < -0.39 is 0 Å². The summed E-state index contributed by atoms with van der Waals surface area (Å²) in [5.41, 5.74) is 1.34. The number of fused-ring (bicyclic) bond motifs is 1. The summed E-state index contributed by atoms with van der Waals surface area (Å²) in [5.74, 6) is 0.779. The molecule has 0 atom stereocenters. The molecule has 2 N–H and O–H groups in total. The Balaban J connectivity index is 2.38. The third kappa shape index (κ3) is 3.33. The first-order valence-electron chi connectivity index (χ1n) is 7.22. The Morgan fingerprint density at radius 3 is 2.64 bits per heavy atom. The van der Waals surface area contributed by atoms with E-state index in [4.69, 9.17) is 0 Å². The molecule has 1 aromatic carbocycles. The zero-order valence-corrected chi connectivity index (χ0v) is 13.3. The van der Waals surface area contributed by atoms with Crippen LogP contribution in [0.2, 0.25) is 0 Å². The van der Waals surface area contributed by atoms with Gasteiger partial charge in [-0.3, -0.25) is 10.1 Å². The van der Waals surface area contributed by atoms with Gasteiger partial charge in [-0.15, -0.1) is 0 Å². The molecule has 0 saturated heterocycles. The highest BCUT2D eigenvalue weighted by molar-refractivity contribution is 6.03. The molecule has 0 radical (unpaired) electrons. The number of allylic oxidation sites excluding steroid dienone is 1. The molecular formula is C16H21N5O. The maximum absolute atomic E-state index is 12.3.